The van der Waals surface area contributed by atoms with E-state index >= 15 is 0 Å². The highest BCUT2D eigenvalue weighted by Crippen LogP contribution is 2.32. The molecule has 0 unspecified atom stereocenters. The van der Waals surface area contributed by atoms with Crippen LogP contribution in [0.4, 0.5) is 0 Å². The van der Waals surface area contributed by atoms with Gasteiger partial charge in [0.15, 0.2) is 0 Å². The summed E-state index contributed by atoms with van der Waals surface area (Å²) in [5.41, 5.74) is 4.08. The van der Waals surface area contributed by atoms with Crippen LogP contribution in [-0.2, 0) is 10.8 Å². The largest absolute Gasteiger partial charge is 0.252 e. The fourth-order valence-electron chi connectivity index (χ4n) is 2.54. The molecule has 1 nitrogen and oxygen atoms in total. The van der Waals surface area contributed by atoms with Gasteiger partial charge in [0.2, 0.25) is 0 Å². The molecular weight excluding hydrogens is 242 g/mol. The Morgan fingerprint density at radius 2 is 1.55 bits per heavy atom. The van der Waals surface area contributed by atoms with Crippen LogP contribution in [0.1, 0.15) is 65.6 Å². The second kappa shape index (κ2) is 5.20. The number of pyridine rings is 1. The van der Waals surface area contributed by atoms with Gasteiger partial charge in [0.25, 0.3) is 0 Å². The molecule has 20 heavy (non-hydrogen) atoms. The zero-order chi connectivity index (χ0) is 15.0. The highest BCUT2D eigenvalue weighted by molar-refractivity contribution is 5.79. The minimum atomic E-state index is 0.189. The lowest BCUT2D eigenvalue weighted by molar-refractivity contribution is 0.427. The maximum absolute atomic E-state index is 4.91. The molecule has 0 saturated carbocycles. The molecule has 0 N–H and O–H groups in total. The van der Waals surface area contributed by atoms with Gasteiger partial charge in [0.1, 0.15) is 0 Å². The van der Waals surface area contributed by atoms with E-state index in [-0.39, 0.29) is 10.8 Å². The Kier molecular flexibility index (Phi) is 3.90. The van der Waals surface area contributed by atoms with E-state index in [1.165, 1.54) is 16.6 Å². The molecule has 0 radical (unpaired) electrons. The second-order valence-corrected chi connectivity index (χ2v) is 7.12. The van der Waals surface area contributed by atoms with Gasteiger partial charge in [-0.3, -0.25) is 4.98 Å². The van der Waals surface area contributed by atoms with Crippen molar-refractivity contribution in [3.8, 4) is 0 Å². The van der Waals surface area contributed by atoms with Gasteiger partial charge in [0.05, 0.1) is 5.52 Å². The monoisotopic (exact) mass is 269 g/mol. The number of fused-ring (bicyclic) bond motifs is 1. The molecule has 1 aromatic heterocycles. The first-order valence-electron chi connectivity index (χ1n) is 7.72. The summed E-state index contributed by atoms with van der Waals surface area (Å²) in [6.45, 7) is 13.6. The molecule has 0 saturated heterocycles. The van der Waals surface area contributed by atoms with Crippen LogP contribution in [0.5, 0.6) is 0 Å². The van der Waals surface area contributed by atoms with E-state index in [2.05, 4.69) is 71.9 Å². The molecule has 1 heterocycles. The van der Waals surface area contributed by atoms with Crippen molar-refractivity contribution in [1.29, 1.82) is 0 Å². The Morgan fingerprint density at radius 3 is 2.10 bits per heavy atom. The summed E-state index contributed by atoms with van der Waals surface area (Å²) in [7, 11) is 0. The first-order valence-corrected chi connectivity index (χ1v) is 7.72. The predicted molar refractivity (Wildman–Crippen MR) is 88.4 cm³/mol. The smallest absolute Gasteiger partial charge is 0.0705 e. The van der Waals surface area contributed by atoms with Crippen LogP contribution >= 0.6 is 0 Å². The highest BCUT2D eigenvalue weighted by Gasteiger charge is 2.24. The molecule has 0 fully saturated rings. The SMILES string of the molecule is CCC(C)(CC)c1ccc2cc(C(C)(C)C)ccc2n1. The van der Waals surface area contributed by atoms with Gasteiger partial charge < -0.3 is 0 Å². The maximum atomic E-state index is 4.91. The topological polar surface area (TPSA) is 12.9 Å². The summed E-state index contributed by atoms with van der Waals surface area (Å²) < 4.78 is 0. The Bertz CT molecular complexity index is 601. The summed E-state index contributed by atoms with van der Waals surface area (Å²) in [5.74, 6) is 0. The molecule has 0 amide bonds. The molecule has 0 atom stereocenters. The van der Waals surface area contributed by atoms with E-state index in [1.807, 2.05) is 0 Å². The van der Waals surface area contributed by atoms with Crippen molar-refractivity contribution in [2.24, 2.45) is 0 Å². The summed E-state index contributed by atoms with van der Waals surface area (Å²) in [6.07, 6.45) is 2.25. The van der Waals surface area contributed by atoms with Crippen LogP contribution in [0, 0.1) is 0 Å². The van der Waals surface area contributed by atoms with E-state index < -0.39 is 0 Å². The Morgan fingerprint density at radius 1 is 0.900 bits per heavy atom. The van der Waals surface area contributed by atoms with Gasteiger partial charge in [0, 0.05) is 16.5 Å². The van der Waals surface area contributed by atoms with Crippen LogP contribution < -0.4 is 0 Å². The number of benzene rings is 1. The molecule has 2 aromatic rings. The normalized spacial score (nSPS) is 12.9. The number of nitrogens with zero attached hydrogens (tertiary/aromatic N) is 1. The second-order valence-electron chi connectivity index (χ2n) is 7.12. The quantitative estimate of drug-likeness (QED) is 0.705. The average molecular weight is 269 g/mol. The van der Waals surface area contributed by atoms with Gasteiger partial charge in [-0.25, -0.2) is 0 Å². The lowest BCUT2D eigenvalue weighted by atomic mass is 9.80. The number of hydrogen-bond acceptors (Lipinski definition) is 1. The molecule has 2 rings (SSSR count). The van der Waals surface area contributed by atoms with E-state index in [0.717, 1.165) is 18.4 Å². The molecule has 108 valence electrons. The van der Waals surface area contributed by atoms with Gasteiger partial charge in [-0.2, -0.15) is 0 Å². The molecular formula is C19H27N. The Balaban J connectivity index is 2.52. The molecule has 0 spiro atoms. The number of rotatable bonds is 3. The van der Waals surface area contributed by atoms with Crippen molar-refractivity contribution in [3.05, 3.63) is 41.6 Å². The highest BCUT2D eigenvalue weighted by atomic mass is 14.7. The minimum Gasteiger partial charge on any atom is -0.252 e. The Labute approximate surface area is 123 Å². The van der Waals surface area contributed by atoms with Gasteiger partial charge in [-0.1, -0.05) is 53.7 Å². The van der Waals surface area contributed by atoms with E-state index in [9.17, 15) is 0 Å². The number of aromatic nitrogens is 1. The summed E-state index contributed by atoms with van der Waals surface area (Å²) >= 11 is 0. The van der Waals surface area contributed by atoms with Crippen LogP contribution in [0.25, 0.3) is 10.9 Å². The van der Waals surface area contributed by atoms with Gasteiger partial charge in [-0.05, 0) is 42.0 Å². The summed E-state index contributed by atoms with van der Waals surface area (Å²) in [4.78, 5) is 4.91. The average Bonchev–Trinajstić information content (AvgIpc) is 2.44. The fraction of sp³-hybridized carbons (Fsp3) is 0.526. The molecule has 0 bridgehead atoms. The first-order chi connectivity index (χ1) is 9.30. The third-order valence-corrected chi connectivity index (χ3v) is 4.73. The van der Waals surface area contributed by atoms with Crippen LogP contribution in [0.3, 0.4) is 0 Å². The molecule has 0 aliphatic carbocycles. The Hall–Kier alpha value is -1.37. The van der Waals surface area contributed by atoms with Crippen molar-refractivity contribution in [2.75, 3.05) is 0 Å². The van der Waals surface area contributed by atoms with Gasteiger partial charge in [-0.15, -0.1) is 0 Å². The summed E-state index contributed by atoms with van der Waals surface area (Å²) in [5, 5.41) is 1.25. The zero-order valence-electron chi connectivity index (χ0n) is 13.7. The molecule has 0 aliphatic heterocycles. The number of hydrogen-bond donors (Lipinski definition) is 0. The lowest BCUT2D eigenvalue weighted by Crippen LogP contribution is -2.21. The molecule has 1 heteroatoms. The molecule has 1 aromatic carbocycles. The van der Waals surface area contributed by atoms with Crippen molar-refractivity contribution < 1.29 is 0 Å². The van der Waals surface area contributed by atoms with Crippen molar-refractivity contribution in [2.45, 2.75) is 65.2 Å². The maximum Gasteiger partial charge on any atom is 0.0705 e. The van der Waals surface area contributed by atoms with Gasteiger partial charge >= 0.3 is 0 Å². The third-order valence-electron chi connectivity index (χ3n) is 4.73. The fourth-order valence-corrected chi connectivity index (χ4v) is 2.54. The van der Waals surface area contributed by atoms with Crippen LogP contribution in [-0.4, -0.2) is 4.98 Å². The van der Waals surface area contributed by atoms with Crippen LogP contribution in [0.15, 0.2) is 30.3 Å². The summed E-state index contributed by atoms with van der Waals surface area (Å²) in [6, 6.07) is 11.1. The first kappa shape index (κ1) is 15.0. The van der Waals surface area contributed by atoms with E-state index in [4.69, 9.17) is 4.98 Å². The van der Waals surface area contributed by atoms with Crippen molar-refractivity contribution >= 4 is 10.9 Å². The molecule has 0 aliphatic rings. The van der Waals surface area contributed by atoms with E-state index in [0.29, 0.717) is 0 Å². The third kappa shape index (κ3) is 2.72. The minimum absolute atomic E-state index is 0.189. The zero-order valence-corrected chi connectivity index (χ0v) is 13.7. The predicted octanol–water partition coefficient (Wildman–Crippen LogP) is 5.61. The van der Waals surface area contributed by atoms with Crippen molar-refractivity contribution in [3.63, 3.8) is 0 Å². The lowest BCUT2D eigenvalue weighted by Gasteiger charge is -2.26. The van der Waals surface area contributed by atoms with Crippen LogP contribution in [0.2, 0.25) is 0 Å². The standard InChI is InChI=1S/C19H27N/c1-7-19(6,8-2)17-12-9-14-13-15(18(3,4)5)10-11-16(14)20-17/h9-13H,7-8H2,1-6H3. The van der Waals surface area contributed by atoms with E-state index in [1.54, 1.807) is 0 Å². The van der Waals surface area contributed by atoms with Crippen molar-refractivity contribution in [1.82, 2.24) is 4.98 Å².